The molecule has 1 aromatic carbocycles. The summed E-state index contributed by atoms with van der Waals surface area (Å²) in [7, 11) is 0. The van der Waals surface area contributed by atoms with Gasteiger partial charge in [-0.05, 0) is 52.3 Å². The lowest BCUT2D eigenvalue weighted by atomic mass is 10.1. The van der Waals surface area contributed by atoms with Crippen molar-refractivity contribution >= 4 is 5.78 Å². The first-order valence-corrected chi connectivity index (χ1v) is 5.21. The Hall–Kier alpha value is -1.38. The van der Waals surface area contributed by atoms with E-state index in [1.165, 1.54) is 13.0 Å². The fraction of sp³-hybridized carbons (Fsp3) is 0.462. The number of hydrogen-bond donors (Lipinski definition) is 0. The number of carbonyl (C=O) groups excluding carboxylic acids is 1. The van der Waals surface area contributed by atoms with Gasteiger partial charge in [-0.25, -0.2) is 4.39 Å². The minimum atomic E-state index is -0.408. The smallest absolute Gasteiger partial charge is 0.163 e. The van der Waals surface area contributed by atoms with Gasteiger partial charge >= 0.3 is 0 Å². The Bertz CT molecular complexity index is 417. The molecule has 1 rings (SSSR count). The largest absolute Gasteiger partial charge is 0.487 e. The molecule has 0 N–H and O–H groups in total. The van der Waals surface area contributed by atoms with E-state index in [4.69, 9.17) is 4.74 Å². The van der Waals surface area contributed by atoms with E-state index in [1.807, 2.05) is 20.8 Å². The van der Waals surface area contributed by atoms with E-state index in [0.717, 1.165) is 0 Å². The van der Waals surface area contributed by atoms with Crippen LogP contribution in [0.4, 0.5) is 4.39 Å². The Kier molecular flexibility index (Phi) is 3.36. The molecule has 0 heterocycles. The molecule has 0 bridgehead atoms. The highest BCUT2D eigenvalue weighted by atomic mass is 19.1. The lowest BCUT2D eigenvalue weighted by molar-refractivity contribution is 0.0989. The number of carbonyl (C=O) groups is 1. The highest BCUT2D eigenvalue weighted by Crippen LogP contribution is 2.26. The zero-order valence-corrected chi connectivity index (χ0v) is 10.3. The summed E-state index contributed by atoms with van der Waals surface area (Å²) in [4.78, 5) is 11.4. The van der Waals surface area contributed by atoms with E-state index < -0.39 is 5.60 Å². The van der Waals surface area contributed by atoms with E-state index in [0.29, 0.717) is 11.3 Å². The molecule has 0 radical (unpaired) electrons. The first-order chi connectivity index (χ1) is 7.20. The van der Waals surface area contributed by atoms with Crippen LogP contribution in [-0.2, 0) is 0 Å². The molecule has 0 fully saturated rings. The van der Waals surface area contributed by atoms with Gasteiger partial charge in [-0.3, -0.25) is 4.79 Å². The molecule has 0 aromatic heterocycles. The number of halogens is 1. The molecular formula is C13H17FO2. The van der Waals surface area contributed by atoms with Gasteiger partial charge < -0.3 is 4.74 Å². The first kappa shape index (κ1) is 12.7. The number of aryl methyl sites for hydroxylation is 1. The minimum Gasteiger partial charge on any atom is -0.487 e. The van der Waals surface area contributed by atoms with Gasteiger partial charge in [0.1, 0.15) is 17.2 Å². The van der Waals surface area contributed by atoms with Crippen LogP contribution >= 0.6 is 0 Å². The Morgan fingerprint density at radius 2 is 1.88 bits per heavy atom. The van der Waals surface area contributed by atoms with E-state index in [2.05, 4.69) is 0 Å². The average Bonchev–Trinajstić information content (AvgIpc) is 2.07. The predicted octanol–water partition coefficient (Wildman–Crippen LogP) is 3.51. The summed E-state index contributed by atoms with van der Waals surface area (Å²) in [5.41, 5.74) is 0.358. The molecule has 0 saturated heterocycles. The molecule has 0 saturated carbocycles. The highest BCUT2D eigenvalue weighted by molar-refractivity contribution is 5.96. The van der Waals surface area contributed by atoms with Crippen LogP contribution in [0.25, 0.3) is 0 Å². The third-order valence-corrected chi connectivity index (χ3v) is 2.06. The second kappa shape index (κ2) is 4.24. The second-order valence-corrected chi connectivity index (χ2v) is 4.87. The quantitative estimate of drug-likeness (QED) is 0.718. The van der Waals surface area contributed by atoms with Gasteiger partial charge in [-0.15, -0.1) is 0 Å². The number of ketones is 1. The topological polar surface area (TPSA) is 26.3 Å². The fourth-order valence-electron chi connectivity index (χ4n) is 1.34. The Morgan fingerprint density at radius 3 is 2.31 bits per heavy atom. The van der Waals surface area contributed by atoms with E-state index in [9.17, 15) is 9.18 Å². The summed E-state index contributed by atoms with van der Waals surface area (Å²) >= 11 is 0. The van der Waals surface area contributed by atoms with Crippen LogP contribution in [0, 0.1) is 12.7 Å². The van der Waals surface area contributed by atoms with Crippen molar-refractivity contribution in [1.82, 2.24) is 0 Å². The van der Waals surface area contributed by atoms with Crippen molar-refractivity contribution in [3.05, 3.63) is 29.1 Å². The molecule has 0 unspecified atom stereocenters. The monoisotopic (exact) mass is 224 g/mol. The van der Waals surface area contributed by atoms with Gasteiger partial charge in [0, 0.05) is 0 Å². The maximum Gasteiger partial charge on any atom is 0.163 e. The maximum absolute atomic E-state index is 13.3. The standard InChI is InChI=1S/C13H17FO2/c1-8-6-12(16-13(3,4)5)10(9(2)15)7-11(8)14/h6-7H,1-5H3. The summed E-state index contributed by atoms with van der Waals surface area (Å²) in [5, 5.41) is 0. The number of rotatable bonds is 2. The molecule has 0 spiro atoms. The van der Waals surface area contributed by atoms with Gasteiger partial charge in [0.2, 0.25) is 0 Å². The number of hydrogen-bond acceptors (Lipinski definition) is 2. The van der Waals surface area contributed by atoms with Crippen molar-refractivity contribution < 1.29 is 13.9 Å². The van der Waals surface area contributed by atoms with Gasteiger partial charge in [0.25, 0.3) is 0 Å². The van der Waals surface area contributed by atoms with Crippen LogP contribution in [0.15, 0.2) is 12.1 Å². The van der Waals surface area contributed by atoms with Crippen LogP contribution in [0.1, 0.15) is 43.6 Å². The van der Waals surface area contributed by atoms with Crippen molar-refractivity contribution in [2.24, 2.45) is 0 Å². The maximum atomic E-state index is 13.3. The lowest BCUT2D eigenvalue weighted by Crippen LogP contribution is -2.24. The molecule has 0 aliphatic carbocycles. The normalized spacial score (nSPS) is 11.4. The molecule has 0 aliphatic heterocycles. The molecule has 0 amide bonds. The SMILES string of the molecule is CC(=O)c1cc(F)c(C)cc1OC(C)(C)C. The van der Waals surface area contributed by atoms with Gasteiger partial charge in [0.15, 0.2) is 5.78 Å². The molecule has 0 atom stereocenters. The fourth-order valence-corrected chi connectivity index (χ4v) is 1.34. The zero-order chi connectivity index (χ0) is 12.5. The van der Waals surface area contributed by atoms with Crippen LogP contribution in [0.5, 0.6) is 5.75 Å². The van der Waals surface area contributed by atoms with Crippen LogP contribution in [-0.4, -0.2) is 11.4 Å². The Labute approximate surface area is 95.4 Å². The molecule has 3 heteroatoms. The Morgan fingerprint density at radius 1 is 1.31 bits per heavy atom. The third-order valence-electron chi connectivity index (χ3n) is 2.06. The van der Waals surface area contributed by atoms with Crippen molar-refractivity contribution in [2.45, 2.75) is 40.2 Å². The van der Waals surface area contributed by atoms with Crippen LogP contribution in [0.3, 0.4) is 0 Å². The number of benzene rings is 1. The molecule has 16 heavy (non-hydrogen) atoms. The molecule has 1 aromatic rings. The van der Waals surface area contributed by atoms with Crippen molar-refractivity contribution in [3.63, 3.8) is 0 Å². The van der Waals surface area contributed by atoms with Crippen LogP contribution < -0.4 is 4.74 Å². The Balaban J connectivity index is 3.25. The average molecular weight is 224 g/mol. The van der Waals surface area contributed by atoms with E-state index >= 15 is 0 Å². The lowest BCUT2D eigenvalue weighted by Gasteiger charge is -2.23. The van der Waals surface area contributed by atoms with Crippen LogP contribution in [0.2, 0.25) is 0 Å². The van der Waals surface area contributed by atoms with Gasteiger partial charge in [0.05, 0.1) is 5.56 Å². The third kappa shape index (κ3) is 3.05. The molecule has 2 nitrogen and oxygen atoms in total. The minimum absolute atomic E-state index is 0.196. The predicted molar refractivity (Wildman–Crippen MR) is 61.5 cm³/mol. The summed E-state index contributed by atoms with van der Waals surface area (Å²) in [5.74, 6) is -0.136. The van der Waals surface area contributed by atoms with Crippen molar-refractivity contribution in [2.75, 3.05) is 0 Å². The first-order valence-electron chi connectivity index (χ1n) is 5.21. The molecular weight excluding hydrogens is 207 g/mol. The number of Topliss-reactive ketones (excluding diaryl/α,β-unsaturated/α-hetero) is 1. The highest BCUT2D eigenvalue weighted by Gasteiger charge is 2.18. The second-order valence-electron chi connectivity index (χ2n) is 4.87. The van der Waals surface area contributed by atoms with Gasteiger partial charge in [-0.1, -0.05) is 0 Å². The van der Waals surface area contributed by atoms with Crippen molar-refractivity contribution in [1.29, 1.82) is 0 Å². The molecule has 0 aliphatic rings. The van der Waals surface area contributed by atoms with Gasteiger partial charge in [-0.2, -0.15) is 0 Å². The molecule has 88 valence electrons. The van der Waals surface area contributed by atoms with E-state index in [1.54, 1.807) is 13.0 Å². The van der Waals surface area contributed by atoms with Crippen molar-refractivity contribution in [3.8, 4) is 5.75 Å². The van der Waals surface area contributed by atoms with E-state index in [-0.39, 0.29) is 17.2 Å². The zero-order valence-electron chi connectivity index (χ0n) is 10.3. The summed E-state index contributed by atoms with van der Waals surface area (Å²) < 4.78 is 19.0. The summed E-state index contributed by atoms with van der Waals surface area (Å²) in [6.07, 6.45) is 0. The summed E-state index contributed by atoms with van der Waals surface area (Å²) in [6.45, 7) is 8.70. The number of ether oxygens (including phenoxy) is 1. The summed E-state index contributed by atoms with van der Waals surface area (Å²) in [6, 6.07) is 2.80.